The SMILES string of the molecule is CC(Sc1ccc([N+](=O)[O-])cc1)C(=O)N(CCC#N)Cc1ccco1. The molecule has 0 N–H and O–H groups in total. The van der Waals surface area contributed by atoms with Crippen LogP contribution in [0.5, 0.6) is 0 Å². The molecule has 0 spiro atoms. The van der Waals surface area contributed by atoms with Crippen molar-refractivity contribution in [3.05, 3.63) is 58.5 Å². The molecule has 2 rings (SSSR count). The number of rotatable bonds is 8. The number of non-ortho nitro benzene ring substituents is 1. The first-order chi connectivity index (χ1) is 12.0. The van der Waals surface area contributed by atoms with Crippen molar-refractivity contribution < 1.29 is 14.1 Å². The summed E-state index contributed by atoms with van der Waals surface area (Å²) in [6, 6.07) is 11.6. The first-order valence-corrected chi connectivity index (χ1v) is 8.48. The molecule has 0 saturated carbocycles. The lowest BCUT2D eigenvalue weighted by Crippen LogP contribution is -2.36. The molecule has 1 aromatic heterocycles. The number of carbonyl (C=O) groups excluding carboxylic acids is 1. The second-order valence-electron chi connectivity index (χ2n) is 5.26. The summed E-state index contributed by atoms with van der Waals surface area (Å²) in [6.45, 7) is 2.40. The second kappa shape index (κ2) is 8.89. The van der Waals surface area contributed by atoms with Crippen LogP contribution in [-0.4, -0.2) is 27.5 Å². The summed E-state index contributed by atoms with van der Waals surface area (Å²) < 4.78 is 5.28. The van der Waals surface area contributed by atoms with Gasteiger partial charge in [-0.2, -0.15) is 5.26 Å². The van der Waals surface area contributed by atoms with Gasteiger partial charge in [0.05, 0.1) is 35.5 Å². The van der Waals surface area contributed by atoms with Crippen LogP contribution >= 0.6 is 11.8 Å². The number of furan rings is 1. The van der Waals surface area contributed by atoms with Gasteiger partial charge in [-0.25, -0.2) is 0 Å². The molecule has 0 saturated heterocycles. The smallest absolute Gasteiger partial charge is 0.269 e. The van der Waals surface area contributed by atoms with E-state index >= 15 is 0 Å². The number of nitro benzene ring substituents is 1. The molecule has 130 valence electrons. The highest BCUT2D eigenvalue weighted by Gasteiger charge is 2.22. The Morgan fingerprint density at radius 1 is 1.40 bits per heavy atom. The van der Waals surface area contributed by atoms with Crippen molar-refractivity contribution in [1.29, 1.82) is 5.26 Å². The normalized spacial score (nSPS) is 11.5. The lowest BCUT2D eigenvalue weighted by Gasteiger charge is -2.24. The molecule has 0 aliphatic heterocycles. The third-order valence-corrected chi connectivity index (χ3v) is 4.54. The van der Waals surface area contributed by atoms with Gasteiger partial charge in [0.15, 0.2) is 0 Å². The zero-order valence-electron chi connectivity index (χ0n) is 13.6. The van der Waals surface area contributed by atoms with Crippen LogP contribution in [0.25, 0.3) is 0 Å². The van der Waals surface area contributed by atoms with Crippen LogP contribution in [0.15, 0.2) is 52.0 Å². The van der Waals surface area contributed by atoms with Crippen LogP contribution in [0, 0.1) is 21.4 Å². The average molecular weight is 359 g/mol. The molecule has 1 aromatic carbocycles. The van der Waals surface area contributed by atoms with Crippen molar-refractivity contribution in [2.45, 2.75) is 30.0 Å². The number of nitro groups is 1. The van der Waals surface area contributed by atoms with E-state index in [1.165, 1.54) is 30.2 Å². The van der Waals surface area contributed by atoms with Gasteiger partial charge in [-0.1, -0.05) is 0 Å². The lowest BCUT2D eigenvalue weighted by atomic mass is 10.3. The standard InChI is InChI=1S/C17H17N3O4S/c1-13(25-16-7-5-14(6-8-16)20(22)23)17(21)19(10-3-9-18)12-15-4-2-11-24-15/h2,4-8,11,13H,3,10,12H2,1H3. The molecule has 0 bridgehead atoms. The van der Waals surface area contributed by atoms with Crippen LogP contribution in [0.3, 0.4) is 0 Å². The topological polar surface area (TPSA) is 100 Å². The predicted octanol–water partition coefficient (Wildman–Crippen LogP) is 3.61. The number of benzene rings is 1. The third kappa shape index (κ3) is 5.36. The molecule has 1 unspecified atom stereocenters. The van der Waals surface area contributed by atoms with Gasteiger partial charge in [-0.15, -0.1) is 11.8 Å². The van der Waals surface area contributed by atoms with Gasteiger partial charge in [0.2, 0.25) is 5.91 Å². The van der Waals surface area contributed by atoms with Crippen molar-refractivity contribution >= 4 is 23.4 Å². The van der Waals surface area contributed by atoms with Gasteiger partial charge < -0.3 is 9.32 Å². The van der Waals surface area contributed by atoms with Gasteiger partial charge in [0.1, 0.15) is 5.76 Å². The molecule has 1 atom stereocenters. The Balaban J connectivity index is 2.03. The van der Waals surface area contributed by atoms with Gasteiger partial charge in [0.25, 0.3) is 5.69 Å². The van der Waals surface area contributed by atoms with E-state index < -0.39 is 10.2 Å². The monoisotopic (exact) mass is 359 g/mol. The van der Waals surface area contributed by atoms with Crippen LogP contribution in [0.2, 0.25) is 0 Å². The van der Waals surface area contributed by atoms with E-state index in [-0.39, 0.29) is 18.0 Å². The Morgan fingerprint density at radius 3 is 2.68 bits per heavy atom. The summed E-state index contributed by atoms with van der Waals surface area (Å²) in [4.78, 5) is 25.3. The van der Waals surface area contributed by atoms with Gasteiger partial charge in [0, 0.05) is 23.6 Å². The van der Waals surface area contributed by atoms with E-state index in [2.05, 4.69) is 0 Å². The Morgan fingerprint density at radius 2 is 2.12 bits per heavy atom. The Kier molecular flexibility index (Phi) is 6.60. The first kappa shape index (κ1) is 18.5. The minimum atomic E-state index is -0.462. The van der Waals surface area contributed by atoms with E-state index in [1.54, 1.807) is 36.1 Å². The average Bonchev–Trinajstić information content (AvgIpc) is 3.11. The predicted molar refractivity (Wildman–Crippen MR) is 92.8 cm³/mol. The Labute approximate surface area is 149 Å². The summed E-state index contributed by atoms with van der Waals surface area (Å²) in [6.07, 6.45) is 1.78. The molecule has 8 heteroatoms. The molecule has 0 aliphatic rings. The Hall–Kier alpha value is -2.79. The van der Waals surface area contributed by atoms with Gasteiger partial charge >= 0.3 is 0 Å². The molecule has 7 nitrogen and oxygen atoms in total. The van der Waals surface area contributed by atoms with E-state index in [9.17, 15) is 14.9 Å². The number of thioether (sulfide) groups is 1. The van der Waals surface area contributed by atoms with Crippen molar-refractivity contribution in [2.24, 2.45) is 0 Å². The fraction of sp³-hybridized carbons (Fsp3) is 0.294. The molecule has 1 amide bonds. The number of hydrogen-bond acceptors (Lipinski definition) is 6. The van der Waals surface area contributed by atoms with Crippen molar-refractivity contribution in [2.75, 3.05) is 6.54 Å². The molecule has 0 radical (unpaired) electrons. The zero-order valence-corrected chi connectivity index (χ0v) is 14.4. The molecule has 25 heavy (non-hydrogen) atoms. The minimum absolute atomic E-state index is 0.0109. The highest BCUT2D eigenvalue weighted by molar-refractivity contribution is 8.00. The lowest BCUT2D eigenvalue weighted by molar-refractivity contribution is -0.384. The maximum absolute atomic E-state index is 12.7. The van der Waals surface area contributed by atoms with E-state index in [1.807, 2.05) is 6.07 Å². The molecular weight excluding hydrogens is 342 g/mol. The summed E-state index contributed by atoms with van der Waals surface area (Å²) in [5.74, 6) is 0.536. The van der Waals surface area contributed by atoms with E-state index in [4.69, 9.17) is 9.68 Å². The summed E-state index contributed by atoms with van der Waals surface area (Å²) >= 11 is 1.32. The maximum atomic E-state index is 12.7. The zero-order chi connectivity index (χ0) is 18.2. The number of hydrogen-bond donors (Lipinski definition) is 0. The molecular formula is C17H17N3O4S. The fourth-order valence-electron chi connectivity index (χ4n) is 2.20. The molecule has 0 aliphatic carbocycles. The summed E-state index contributed by atoms with van der Waals surface area (Å²) in [7, 11) is 0. The summed E-state index contributed by atoms with van der Waals surface area (Å²) in [5.41, 5.74) is 0.0109. The van der Waals surface area contributed by atoms with Crippen LogP contribution < -0.4 is 0 Å². The molecule has 1 heterocycles. The van der Waals surface area contributed by atoms with E-state index in [0.29, 0.717) is 18.8 Å². The quantitative estimate of drug-likeness (QED) is 0.405. The number of nitriles is 1. The number of nitrogens with zero attached hydrogens (tertiary/aromatic N) is 3. The second-order valence-corrected chi connectivity index (χ2v) is 6.67. The number of carbonyl (C=O) groups is 1. The van der Waals surface area contributed by atoms with Crippen molar-refractivity contribution in [1.82, 2.24) is 4.90 Å². The summed E-state index contributed by atoms with van der Waals surface area (Å²) in [5, 5.41) is 19.1. The Bertz CT molecular complexity index is 753. The van der Waals surface area contributed by atoms with Crippen LogP contribution in [0.4, 0.5) is 5.69 Å². The van der Waals surface area contributed by atoms with Crippen molar-refractivity contribution in [3.63, 3.8) is 0 Å². The van der Waals surface area contributed by atoms with Gasteiger partial charge in [-0.3, -0.25) is 14.9 Å². The third-order valence-electron chi connectivity index (χ3n) is 3.44. The maximum Gasteiger partial charge on any atom is 0.269 e. The van der Waals surface area contributed by atoms with Gasteiger partial charge in [-0.05, 0) is 31.2 Å². The molecule has 0 fully saturated rings. The fourth-order valence-corrected chi connectivity index (χ4v) is 3.15. The largest absolute Gasteiger partial charge is 0.467 e. The van der Waals surface area contributed by atoms with Crippen molar-refractivity contribution in [3.8, 4) is 6.07 Å². The highest BCUT2D eigenvalue weighted by Crippen LogP contribution is 2.27. The van der Waals surface area contributed by atoms with E-state index in [0.717, 1.165) is 4.90 Å². The van der Waals surface area contributed by atoms with Crippen LogP contribution in [-0.2, 0) is 11.3 Å². The van der Waals surface area contributed by atoms with Crippen LogP contribution in [0.1, 0.15) is 19.1 Å². The molecule has 2 aromatic rings. The highest BCUT2D eigenvalue weighted by atomic mass is 32.2. The number of amides is 1. The minimum Gasteiger partial charge on any atom is -0.467 e. The first-order valence-electron chi connectivity index (χ1n) is 7.60.